The number of aromatic nitrogens is 3. The Labute approximate surface area is 136 Å². The molecule has 2 N–H and O–H groups in total. The Hall–Kier alpha value is -2.41. The highest BCUT2D eigenvalue weighted by Crippen LogP contribution is 2.33. The van der Waals surface area contributed by atoms with Crippen molar-refractivity contribution >= 4 is 27.5 Å². The maximum atomic E-state index is 12.5. The summed E-state index contributed by atoms with van der Waals surface area (Å²) < 4.78 is 1.18. The van der Waals surface area contributed by atoms with Gasteiger partial charge in [-0.3, -0.25) is 4.79 Å². The summed E-state index contributed by atoms with van der Waals surface area (Å²) in [5, 5.41) is 1.09. The summed E-state index contributed by atoms with van der Waals surface area (Å²) in [6, 6.07) is 8.10. The number of hydrogen-bond donors (Lipinski definition) is 2. The van der Waals surface area contributed by atoms with Gasteiger partial charge in [-0.2, -0.15) is 0 Å². The second-order valence-electron chi connectivity index (χ2n) is 5.77. The minimum Gasteiger partial charge on any atom is -0.337 e. The number of H-pyrrole nitrogens is 2. The van der Waals surface area contributed by atoms with Gasteiger partial charge in [0.25, 0.3) is 5.91 Å². The van der Waals surface area contributed by atoms with E-state index in [1.165, 1.54) is 10.9 Å². The number of benzene rings is 1. The predicted molar refractivity (Wildman–Crippen MR) is 88.9 cm³/mol. The quantitative estimate of drug-likeness (QED) is 0.757. The highest BCUT2D eigenvalue weighted by molar-refractivity contribution is 7.18. The van der Waals surface area contributed by atoms with Crippen LogP contribution in [0.2, 0.25) is 0 Å². The van der Waals surface area contributed by atoms with Crippen molar-refractivity contribution in [2.24, 2.45) is 0 Å². The number of para-hydroxylation sites is 1. The van der Waals surface area contributed by atoms with Crippen LogP contribution in [0.15, 0.2) is 35.3 Å². The number of likely N-dealkylation sites (tertiary alicyclic amines) is 1. The molecule has 3 heterocycles. The van der Waals surface area contributed by atoms with Gasteiger partial charge in [-0.1, -0.05) is 12.1 Å². The Morgan fingerprint density at radius 2 is 2.22 bits per heavy atom. The lowest BCUT2D eigenvalue weighted by Gasteiger charge is -2.31. The van der Waals surface area contributed by atoms with E-state index >= 15 is 0 Å². The first kappa shape index (κ1) is 14.2. The van der Waals surface area contributed by atoms with Crippen LogP contribution >= 0.6 is 11.3 Å². The van der Waals surface area contributed by atoms with Gasteiger partial charge in [-0.05, 0) is 25.0 Å². The van der Waals surface area contributed by atoms with Crippen LogP contribution < -0.4 is 5.69 Å². The van der Waals surface area contributed by atoms with Crippen molar-refractivity contribution in [1.29, 1.82) is 0 Å². The van der Waals surface area contributed by atoms with Crippen molar-refractivity contribution < 1.29 is 4.79 Å². The highest BCUT2D eigenvalue weighted by Gasteiger charge is 2.28. The largest absolute Gasteiger partial charge is 0.337 e. The molecule has 2 aromatic heterocycles. The summed E-state index contributed by atoms with van der Waals surface area (Å²) in [4.78, 5) is 35.2. The molecule has 0 bridgehead atoms. The van der Waals surface area contributed by atoms with Crippen LogP contribution in [-0.2, 0) is 0 Å². The number of carbonyl (C=O) groups is 1. The predicted octanol–water partition coefficient (Wildman–Crippen LogP) is 2.33. The first-order chi connectivity index (χ1) is 11.2. The van der Waals surface area contributed by atoms with Crippen LogP contribution in [0.4, 0.5) is 0 Å². The number of thiazole rings is 1. The Balaban J connectivity index is 1.56. The molecule has 4 rings (SSSR count). The fourth-order valence-corrected chi connectivity index (χ4v) is 4.14. The van der Waals surface area contributed by atoms with Crippen molar-refractivity contribution in [3.63, 3.8) is 0 Å². The van der Waals surface area contributed by atoms with E-state index in [0.29, 0.717) is 18.8 Å². The molecule has 3 aromatic rings. The van der Waals surface area contributed by atoms with Crippen LogP contribution in [-0.4, -0.2) is 38.8 Å². The maximum Gasteiger partial charge on any atom is 0.323 e. The highest BCUT2D eigenvalue weighted by atomic mass is 32.1. The molecule has 0 spiro atoms. The summed E-state index contributed by atoms with van der Waals surface area (Å²) in [5.74, 6) is 0.130. The SMILES string of the molecule is O=C(c1c[nH]c(=O)[nH]1)N1CCC[C@H](c2nc3ccccc3s2)C1. The Morgan fingerprint density at radius 3 is 3.00 bits per heavy atom. The molecule has 0 radical (unpaired) electrons. The topological polar surface area (TPSA) is 81.8 Å². The average molecular weight is 328 g/mol. The Bertz CT molecular complexity index is 877. The lowest BCUT2D eigenvalue weighted by molar-refractivity contribution is 0.0701. The van der Waals surface area contributed by atoms with E-state index in [-0.39, 0.29) is 17.5 Å². The van der Waals surface area contributed by atoms with E-state index in [0.717, 1.165) is 23.4 Å². The summed E-state index contributed by atoms with van der Waals surface area (Å²) >= 11 is 1.70. The first-order valence-electron chi connectivity index (χ1n) is 7.63. The number of carbonyl (C=O) groups excluding carboxylic acids is 1. The molecular weight excluding hydrogens is 312 g/mol. The van der Waals surface area contributed by atoms with Crippen molar-refractivity contribution in [2.45, 2.75) is 18.8 Å². The molecule has 1 atom stereocenters. The zero-order chi connectivity index (χ0) is 15.8. The number of imidazole rings is 1. The molecule has 1 aromatic carbocycles. The Kier molecular flexibility index (Phi) is 3.49. The third-order valence-corrected chi connectivity index (χ3v) is 5.39. The van der Waals surface area contributed by atoms with E-state index < -0.39 is 0 Å². The zero-order valence-electron chi connectivity index (χ0n) is 12.4. The van der Waals surface area contributed by atoms with Crippen molar-refractivity contribution in [1.82, 2.24) is 19.9 Å². The molecule has 1 aliphatic heterocycles. The van der Waals surface area contributed by atoms with Crippen LogP contribution in [0.3, 0.4) is 0 Å². The molecular formula is C16H16N4O2S. The molecule has 6 nitrogen and oxygen atoms in total. The smallest absolute Gasteiger partial charge is 0.323 e. The standard InChI is InChI=1S/C16H16N4O2S/c21-15(12-8-17-16(22)19-12)20-7-3-4-10(9-20)14-18-11-5-1-2-6-13(11)23-14/h1-2,5-6,8,10H,3-4,7,9H2,(H2,17,19,22)/t10-/m0/s1. The fraction of sp³-hybridized carbons (Fsp3) is 0.312. The molecule has 23 heavy (non-hydrogen) atoms. The third kappa shape index (κ3) is 2.68. The number of nitrogens with zero attached hydrogens (tertiary/aromatic N) is 2. The van der Waals surface area contributed by atoms with E-state index in [9.17, 15) is 9.59 Å². The van der Waals surface area contributed by atoms with E-state index in [4.69, 9.17) is 4.98 Å². The van der Waals surface area contributed by atoms with Crippen molar-refractivity contribution in [2.75, 3.05) is 13.1 Å². The van der Waals surface area contributed by atoms with Gasteiger partial charge in [-0.15, -0.1) is 11.3 Å². The van der Waals surface area contributed by atoms with Crippen molar-refractivity contribution in [3.8, 4) is 0 Å². The first-order valence-corrected chi connectivity index (χ1v) is 8.45. The summed E-state index contributed by atoms with van der Waals surface area (Å²) in [7, 11) is 0. The minimum absolute atomic E-state index is 0.130. The zero-order valence-corrected chi connectivity index (χ0v) is 13.2. The maximum absolute atomic E-state index is 12.5. The molecule has 1 saturated heterocycles. The molecule has 118 valence electrons. The summed E-state index contributed by atoms with van der Waals surface area (Å²) in [6.07, 6.45) is 3.42. The van der Waals surface area contributed by atoms with Gasteiger partial charge < -0.3 is 14.9 Å². The van der Waals surface area contributed by atoms with Crippen LogP contribution in [0.5, 0.6) is 0 Å². The lowest BCUT2D eigenvalue weighted by Crippen LogP contribution is -2.39. The van der Waals surface area contributed by atoms with Gasteiger partial charge in [-0.25, -0.2) is 9.78 Å². The number of rotatable bonds is 2. The van der Waals surface area contributed by atoms with Crippen LogP contribution in [0.25, 0.3) is 10.2 Å². The summed E-state index contributed by atoms with van der Waals surface area (Å²) in [5.41, 5.74) is 0.985. The van der Waals surface area contributed by atoms with Crippen molar-refractivity contribution in [3.05, 3.63) is 51.6 Å². The van der Waals surface area contributed by atoms with Crippen LogP contribution in [0, 0.1) is 0 Å². The van der Waals surface area contributed by atoms with E-state index in [2.05, 4.69) is 16.0 Å². The average Bonchev–Trinajstić information content (AvgIpc) is 3.20. The summed E-state index contributed by atoms with van der Waals surface area (Å²) in [6.45, 7) is 1.36. The third-order valence-electron chi connectivity index (χ3n) is 4.19. The number of amides is 1. The van der Waals surface area contributed by atoms with E-state index in [1.807, 2.05) is 18.2 Å². The number of fused-ring (bicyclic) bond motifs is 1. The number of nitrogens with one attached hydrogen (secondary N) is 2. The second-order valence-corrected chi connectivity index (χ2v) is 6.83. The molecule has 1 fully saturated rings. The van der Waals surface area contributed by atoms with Gasteiger partial charge in [0.2, 0.25) is 0 Å². The second kappa shape index (κ2) is 5.66. The van der Waals surface area contributed by atoms with E-state index in [1.54, 1.807) is 16.2 Å². The van der Waals surface area contributed by atoms with Gasteiger partial charge in [0.05, 0.1) is 15.2 Å². The van der Waals surface area contributed by atoms with Gasteiger partial charge in [0.15, 0.2) is 0 Å². The van der Waals surface area contributed by atoms with Gasteiger partial charge >= 0.3 is 5.69 Å². The van der Waals surface area contributed by atoms with Crippen LogP contribution in [0.1, 0.15) is 34.3 Å². The Morgan fingerprint density at radius 1 is 1.35 bits per heavy atom. The normalized spacial score (nSPS) is 18.4. The number of aromatic amines is 2. The van der Waals surface area contributed by atoms with Gasteiger partial charge in [0, 0.05) is 25.2 Å². The molecule has 1 aliphatic rings. The molecule has 0 aliphatic carbocycles. The lowest BCUT2D eigenvalue weighted by atomic mass is 9.98. The number of hydrogen-bond acceptors (Lipinski definition) is 4. The molecule has 0 saturated carbocycles. The fourth-order valence-electron chi connectivity index (χ4n) is 3.05. The number of piperidine rings is 1. The van der Waals surface area contributed by atoms with Gasteiger partial charge in [0.1, 0.15) is 5.69 Å². The monoisotopic (exact) mass is 328 g/mol. The molecule has 7 heteroatoms. The molecule has 0 unspecified atom stereocenters. The minimum atomic E-state index is -0.354. The molecule has 1 amide bonds.